The van der Waals surface area contributed by atoms with Gasteiger partial charge in [0.05, 0.1) is 11.2 Å². The number of piperazine rings is 1. The van der Waals surface area contributed by atoms with Crippen LogP contribution in [0.25, 0.3) is 0 Å². The van der Waals surface area contributed by atoms with Crippen molar-refractivity contribution in [3.05, 3.63) is 58.5 Å². The minimum absolute atomic E-state index is 0.0407. The third-order valence-electron chi connectivity index (χ3n) is 4.06. The maximum atomic E-state index is 12.2. The topological polar surface area (TPSA) is 106 Å². The Morgan fingerprint density at radius 1 is 1.08 bits per heavy atom. The second-order valence-corrected chi connectivity index (χ2v) is 5.69. The molecule has 1 saturated heterocycles. The fraction of sp³-hybridized carbons (Fsp3) is 0.294. The van der Waals surface area contributed by atoms with Crippen molar-refractivity contribution in [3.8, 4) is 5.75 Å². The monoisotopic (exact) mass is 359 g/mol. The predicted octanol–water partition coefficient (Wildman–Crippen LogP) is 1.55. The van der Waals surface area contributed by atoms with E-state index in [1.165, 1.54) is 30.5 Å². The molecule has 136 valence electrons. The first-order valence-electron chi connectivity index (χ1n) is 8.02. The van der Waals surface area contributed by atoms with Crippen molar-refractivity contribution < 1.29 is 23.7 Å². The van der Waals surface area contributed by atoms with Crippen molar-refractivity contribution >= 4 is 17.5 Å². The van der Waals surface area contributed by atoms with Crippen LogP contribution in [0.15, 0.2) is 47.1 Å². The average Bonchev–Trinajstić information content (AvgIpc) is 3.20. The number of carbonyl (C=O) groups excluding carboxylic acids is 2. The van der Waals surface area contributed by atoms with E-state index in [4.69, 9.17) is 9.15 Å². The molecule has 1 aliphatic rings. The number of carbonyl (C=O) groups is 2. The Morgan fingerprint density at radius 3 is 2.31 bits per heavy atom. The number of hydrogen-bond acceptors (Lipinski definition) is 6. The normalized spacial score (nSPS) is 14.2. The van der Waals surface area contributed by atoms with Gasteiger partial charge in [0.25, 0.3) is 17.5 Å². The molecule has 1 aromatic carbocycles. The maximum Gasteiger partial charge on any atom is 0.289 e. The van der Waals surface area contributed by atoms with E-state index in [1.54, 1.807) is 21.9 Å². The fourth-order valence-corrected chi connectivity index (χ4v) is 2.62. The van der Waals surface area contributed by atoms with Gasteiger partial charge in [0, 0.05) is 38.3 Å². The molecule has 1 aliphatic heterocycles. The molecule has 2 heterocycles. The van der Waals surface area contributed by atoms with Gasteiger partial charge in [-0.2, -0.15) is 0 Å². The van der Waals surface area contributed by atoms with Crippen LogP contribution in [0.1, 0.15) is 10.6 Å². The first-order chi connectivity index (χ1) is 12.5. The van der Waals surface area contributed by atoms with Crippen LogP contribution in [0, 0.1) is 10.1 Å². The summed E-state index contributed by atoms with van der Waals surface area (Å²) in [6.45, 7) is 1.50. The quantitative estimate of drug-likeness (QED) is 0.592. The van der Waals surface area contributed by atoms with E-state index in [0.717, 1.165) is 0 Å². The number of nitro groups is 1. The Hall–Kier alpha value is -3.36. The van der Waals surface area contributed by atoms with Gasteiger partial charge in [0.1, 0.15) is 5.75 Å². The molecule has 2 aromatic rings. The van der Waals surface area contributed by atoms with Crippen molar-refractivity contribution in [1.82, 2.24) is 9.80 Å². The lowest BCUT2D eigenvalue weighted by Gasteiger charge is -2.34. The van der Waals surface area contributed by atoms with Gasteiger partial charge < -0.3 is 19.0 Å². The third-order valence-corrected chi connectivity index (χ3v) is 4.06. The molecule has 1 fully saturated rings. The second-order valence-electron chi connectivity index (χ2n) is 5.69. The number of furan rings is 1. The first-order valence-corrected chi connectivity index (χ1v) is 8.02. The van der Waals surface area contributed by atoms with Crippen LogP contribution in [0.4, 0.5) is 5.69 Å². The van der Waals surface area contributed by atoms with Crippen LogP contribution in [-0.4, -0.2) is 59.3 Å². The van der Waals surface area contributed by atoms with Gasteiger partial charge in [0.2, 0.25) is 0 Å². The minimum Gasteiger partial charge on any atom is -0.484 e. The molecule has 1 aromatic heterocycles. The Kier molecular flexibility index (Phi) is 5.16. The van der Waals surface area contributed by atoms with Crippen molar-refractivity contribution in [2.45, 2.75) is 0 Å². The first kappa shape index (κ1) is 17.5. The minimum atomic E-state index is -0.502. The summed E-state index contributed by atoms with van der Waals surface area (Å²) < 4.78 is 10.5. The average molecular weight is 359 g/mol. The summed E-state index contributed by atoms with van der Waals surface area (Å²) >= 11 is 0. The van der Waals surface area contributed by atoms with E-state index >= 15 is 0 Å². The molecule has 3 rings (SSSR count). The molecular weight excluding hydrogens is 342 g/mol. The van der Waals surface area contributed by atoms with Crippen LogP contribution in [-0.2, 0) is 4.79 Å². The smallest absolute Gasteiger partial charge is 0.289 e. The fourth-order valence-electron chi connectivity index (χ4n) is 2.62. The molecule has 0 bridgehead atoms. The SMILES string of the molecule is O=C(COc1ccc([N+](=O)[O-])cc1)N1CCN(C(=O)c2ccco2)CC1. The standard InChI is InChI=1S/C17H17N3O6/c21-16(12-26-14-5-3-13(4-6-14)20(23)24)18-7-9-19(10-8-18)17(22)15-2-1-11-25-15/h1-6,11H,7-10,12H2. The molecule has 26 heavy (non-hydrogen) atoms. The van der Waals surface area contributed by atoms with Crippen LogP contribution < -0.4 is 4.74 Å². The molecule has 0 unspecified atom stereocenters. The van der Waals surface area contributed by atoms with Crippen molar-refractivity contribution in [3.63, 3.8) is 0 Å². The van der Waals surface area contributed by atoms with Gasteiger partial charge in [-0.1, -0.05) is 0 Å². The highest BCUT2D eigenvalue weighted by atomic mass is 16.6. The van der Waals surface area contributed by atoms with Crippen molar-refractivity contribution in [2.24, 2.45) is 0 Å². The molecule has 2 amide bonds. The zero-order chi connectivity index (χ0) is 18.5. The number of non-ortho nitro benzene ring substituents is 1. The molecule has 0 saturated carbocycles. The highest BCUT2D eigenvalue weighted by Gasteiger charge is 2.26. The van der Waals surface area contributed by atoms with Crippen LogP contribution in [0.3, 0.4) is 0 Å². The van der Waals surface area contributed by atoms with E-state index in [0.29, 0.717) is 31.9 Å². The maximum absolute atomic E-state index is 12.2. The molecule has 9 nitrogen and oxygen atoms in total. The predicted molar refractivity (Wildman–Crippen MR) is 89.8 cm³/mol. The van der Waals surface area contributed by atoms with E-state index in [-0.39, 0.29) is 29.9 Å². The van der Waals surface area contributed by atoms with E-state index in [2.05, 4.69) is 0 Å². The second kappa shape index (κ2) is 7.68. The highest BCUT2D eigenvalue weighted by molar-refractivity contribution is 5.91. The Morgan fingerprint density at radius 2 is 1.73 bits per heavy atom. The summed E-state index contributed by atoms with van der Waals surface area (Å²) in [5.74, 6) is 0.277. The number of nitro benzene ring substituents is 1. The van der Waals surface area contributed by atoms with Gasteiger partial charge in [0.15, 0.2) is 12.4 Å². The number of nitrogens with zero attached hydrogens (tertiary/aromatic N) is 3. The number of hydrogen-bond donors (Lipinski definition) is 0. The van der Waals surface area contributed by atoms with Gasteiger partial charge in [-0.25, -0.2) is 0 Å². The molecule has 0 N–H and O–H groups in total. The third kappa shape index (κ3) is 4.00. The lowest BCUT2D eigenvalue weighted by Crippen LogP contribution is -2.51. The summed E-state index contributed by atoms with van der Waals surface area (Å²) in [7, 11) is 0. The van der Waals surface area contributed by atoms with Crippen molar-refractivity contribution in [2.75, 3.05) is 32.8 Å². The van der Waals surface area contributed by atoms with Gasteiger partial charge in [-0.15, -0.1) is 0 Å². The Bertz CT molecular complexity index is 779. The molecular formula is C17H17N3O6. The molecule has 0 spiro atoms. The van der Waals surface area contributed by atoms with Gasteiger partial charge >= 0.3 is 0 Å². The number of benzene rings is 1. The van der Waals surface area contributed by atoms with E-state index in [9.17, 15) is 19.7 Å². The molecule has 9 heteroatoms. The Labute approximate surface area is 148 Å². The summed E-state index contributed by atoms with van der Waals surface area (Å²) in [5, 5.41) is 10.6. The zero-order valence-corrected chi connectivity index (χ0v) is 13.9. The number of amides is 2. The largest absolute Gasteiger partial charge is 0.484 e. The van der Waals surface area contributed by atoms with E-state index < -0.39 is 4.92 Å². The number of ether oxygens (including phenoxy) is 1. The van der Waals surface area contributed by atoms with Crippen LogP contribution >= 0.6 is 0 Å². The zero-order valence-electron chi connectivity index (χ0n) is 13.9. The van der Waals surface area contributed by atoms with Crippen molar-refractivity contribution in [1.29, 1.82) is 0 Å². The Balaban J connectivity index is 1.46. The van der Waals surface area contributed by atoms with Gasteiger partial charge in [-0.3, -0.25) is 19.7 Å². The van der Waals surface area contributed by atoms with Crippen LogP contribution in [0.5, 0.6) is 5.75 Å². The summed E-state index contributed by atoms with van der Waals surface area (Å²) in [6, 6.07) is 8.80. The molecule has 0 radical (unpaired) electrons. The van der Waals surface area contributed by atoms with E-state index in [1.807, 2.05) is 0 Å². The molecule has 0 aliphatic carbocycles. The van der Waals surface area contributed by atoms with Crippen LogP contribution in [0.2, 0.25) is 0 Å². The van der Waals surface area contributed by atoms with Gasteiger partial charge in [-0.05, 0) is 24.3 Å². The summed E-state index contributed by atoms with van der Waals surface area (Å²) in [5.41, 5.74) is -0.0407. The molecule has 0 atom stereocenters. The lowest BCUT2D eigenvalue weighted by atomic mass is 10.3. The number of rotatable bonds is 5. The summed E-state index contributed by atoms with van der Waals surface area (Å²) in [6.07, 6.45) is 1.45. The summed E-state index contributed by atoms with van der Waals surface area (Å²) in [4.78, 5) is 37.8. The lowest BCUT2D eigenvalue weighted by molar-refractivity contribution is -0.384. The highest BCUT2D eigenvalue weighted by Crippen LogP contribution is 2.17.